The van der Waals surface area contributed by atoms with Gasteiger partial charge in [-0.2, -0.15) is 0 Å². The number of rotatable bonds is 0. The third-order valence-electron chi connectivity index (χ3n) is 0.688. The molecule has 7 heavy (non-hydrogen) atoms. The van der Waals surface area contributed by atoms with Crippen molar-refractivity contribution >= 4 is 12.9 Å². The molecule has 1 aromatic rings. The molecule has 0 unspecified atom stereocenters. The van der Waals surface area contributed by atoms with Gasteiger partial charge in [-0.25, -0.2) is 0 Å². The fourth-order valence-corrected chi connectivity index (χ4v) is 0.376. The Morgan fingerprint density at radius 2 is 2.57 bits per heavy atom. The summed E-state index contributed by atoms with van der Waals surface area (Å²) in [5, 5.41) is 0. The number of anilines is 1. The van der Waals surface area contributed by atoms with Crippen molar-refractivity contribution in [3.63, 3.8) is 0 Å². The summed E-state index contributed by atoms with van der Waals surface area (Å²) in [6.45, 7) is 0. The summed E-state index contributed by atoms with van der Waals surface area (Å²) in [7, 11) is 1.66. The molecule has 0 atom stereocenters. The number of nitrogen functional groups attached to an aromatic ring is 1. The van der Waals surface area contributed by atoms with Gasteiger partial charge >= 0.3 is 41.6 Å². The Kier molecular flexibility index (Phi) is 1.07. The van der Waals surface area contributed by atoms with Crippen LogP contribution in [0.2, 0.25) is 0 Å². The maximum absolute atomic E-state index is 5.25. The first-order valence-electron chi connectivity index (χ1n) is 2.06. The van der Waals surface area contributed by atoms with Crippen molar-refractivity contribution in [2.45, 2.75) is 0 Å². The van der Waals surface area contributed by atoms with Crippen molar-refractivity contribution in [3.8, 4) is 0 Å². The number of nitrogens with two attached hydrogens (primary N) is 1. The van der Waals surface area contributed by atoms with Crippen molar-refractivity contribution in [1.29, 1.82) is 0 Å². The molecule has 3 heteroatoms. The van der Waals surface area contributed by atoms with Crippen LogP contribution in [0.15, 0.2) is 18.1 Å². The van der Waals surface area contributed by atoms with E-state index in [0.717, 1.165) is 0 Å². The first-order valence-corrected chi connectivity index (χ1v) is 2.06. The standard InChI is InChI=1S/C4H5BN2/c6-4-2-1-3-5-7-4/h1-3H,(H2,6,7). The molecule has 0 fully saturated rings. The number of hydrogen-bond donors (Lipinski definition) is 1. The molecule has 0 aliphatic rings. The Balaban J connectivity index is 3.02. The maximum atomic E-state index is 5.25. The molecule has 0 amide bonds. The van der Waals surface area contributed by atoms with E-state index in [1.54, 1.807) is 13.1 Å². The zero-order valence-electron chi connectivity index (χ0n) is 3.83. The number of aromatic nitrogens is 1. The van der Waals surface area contributed by atoms with E-state index in [1.807, 2.05) is 12.0 Å². The average molecular weight is 91.9 g/mol. The molecule has 0 spiro atoms. The van der Waals surface area contributed by atoms with Gasteiger partial charge in [-0.05, 0) is 0 Å². The van der Waals surface area contributed by atoms with Crippen molar-refractivity contribution in [2.24, 2.45) is 0 Å². The van der Waals surface area contributed by atoms with Gasteiger partial charge < -0.3 is 0 Å². The van der Waals surface area contributed by atoms with Crippen LogP contribution in [0.5, 0.6) is 0 Å². The van der Waals surface area contributed by atoms with Crippen molar-refractivity contribution < 1.29 is 0 Å². The monoisotopic (exact) mass is 92.1 g/mol. The Bertz CT molecular complexity index is 140. The summed E-state index contributed by atoms with van der Waals surface area (Å²) in [5.41, 5.74) is 5.25. The molecule has 1 heterocycles. The van der Waals surface area contributed by atoms with E-state index in [9.17, 15) is 0 Å². The fourth-order valence-electron chi connectivity index (χ4n) is 0.376. The summed E-state index contributed by atoms with van der Waals surface area (Å²) in [5.74, 6) is 2.40. The molecule has 0 saturated heterocycles. The topological polar surface area (TPSA) is 38.9 Å². The van der Waals surface area contributed by atoms with Gasteiger partial charge in [0.05, 0.1) is 0 Å². The van der Waals surface area contributed by atoms with Gasteiger partial charge in [0.15, 0.2) is 0 Å². The second-order valence-electron chi connectivity index (χ2n) is 1.25. The Morgan fingerprint density at radius 1 is 1.71 bits per heavy atom. The van der Waals surface area contributed by atoms with Crippen LogP contribution in [0.1, 0.15) is 0 Å². The third kappa shape index (κ3) is 0.997. The quantitative estimate of drug-likeness (QED) is 0.489. The van der Waals surface area contributed by atoms with Crippen molar-refractivity contribution in [3.05, 3.63) is 18.1 Å². The van der Waals surface area contributed by atoms with Crippen LogP contribution in [-0.4, -0.2) is 11.9 Å². The normalized spacial score (nSPS) is 8.00. The first kappa shape index (κ1) is 4.31. The molecule has 2 nitrogen and oxygen atoms in total. The van der Waals surface area contributed by atoms with Gasteiger partial charge in [-0.3, -0.25) is 0 Å². The Hall–Kier alpha value is -0.855. The number of nitrogens with zero attached hydrogens (tertiary/aromatic N) is 1. The van der Waals surface area contributed by atoms with Gasteiger partial charge in [-0.1, -0.05) is 0 Å². The van der Waals surface area contributed by atoms with Crippen LogP contribution < -0.4 is 5.73 Å². The predicted molar refractivity (Wildman–Crippen MR) is 30.0 cm³/mol. The van der Waals surface area contributed by atoms with Crippen LogP contribution in [-0.2, 0) is 0 Å². The fraction of sp³-hybridized carbons (Fsp3) is 0. The van der Waals surface area contributed by atoms with Crippen LogP contribution in [0.3, 0.4) is 0 Å². The summed E-state index contributed by atoms with van der Waals surface area (Å²) >= 11 is 0. The number of hydrogen-bond acceptors (Lipinski definition) is 2. The molecule has 0 aromatic carbocycles. The van der Waals surface area contributed by atoms with Gasteiger partial charge in [0.25, 0.3) is 0 Å². The average Bonchev–Trinajstić information content (AvgIpc) is 1.69. The van der Waals surface area contributed by atoms with E-state index >= 15 is 0 Å². The van der Waals surface area contributed by atoms with E-state index in [-0.39, 0.29) is 0 Å². The van der Waals surface area contributed by atoms with Gasteiger partial charge in [0.2, 0.25) is 0 Å². The molecule has 0 radical (unpaired) electrons. The summed E-state index contributed by atoms with van der Waals surface area (Å²) in [6, 6.07) is 3.60. The molecular formula is C4H5BN2. The molecule has 0 saturated carbocycles. The van der Waals surface area contributed by atoms with E-state index < -0.39 is 0 Å². The SMILES string of the molecule is Nc1cccbn1. The van der Waals surface area contributed by atoms with E-state index in [1.165, 1.54) is 0 Å². The van der Waals surface area contributed by atoms with Gasteiger partial charge in [0.1, 0.15) is 0 Å². The molecule has 0 aliphatic carbocycles. The predicted octanol–water partition coefficient (Wildman–Crippen LogP) is 0.00190. The van der Waals surface area contributed by atoms with Crippen LogP contribution in [0.4, 0.5) is 5.82 Å². The first-order chi connectivity index (χ1) is 3.39. The molecular weight excluding hydrogens is 86.9 g/mol. The van der Waals surface area contributed by atoms with Crippen LogP contribution >= 0.6 is 0 Å². The molecule has 1 aromatic heterocycles. The second kappa shape index (κ2) is 1.73. The van der Waals surface area contributed by atoms with Crippen LogP contribution in [0.25, 0.3) is 0 Å². The summed E-state index contributed by atoms with van der Waals surface area (Å²) < 4.78 is 0. The Morgan fingerprint density at radius 3 is 2.86 bits per heavy atom. The molecule has 0 bridgehead atoms. The molecule has 0 aliphatic heterocycles. The minimum absolute atomic E-state index is 0.572. The summed E-state index contributed by atoms with van der Waals surface area (Å²) in [4.78, 5) is 3.76. The van der Waals surface area contributed by atoms with Gasteiger partial charge in [-0.15, -0.1) is 0 Å². The van der Waals surface area contributed by atoms with Crippen LogP contribution in [0, 0.1) is 0 Å². The van der Waals surface area contributed by atoms with E-state index in [4.69, 9.17) is 5.73 Å². The van der Waals surface area contributed by atoms with Gasteiger partial charge in [0, 0.05) is 0 Å². The molecule has 2 N–H and O–H groups in total. The minimum atomic E-state index is 0.572. The zero-order valence-corrected chi connectivity index (χ0v) is 3.83. The Labute approximate surface area is 42.6 Å². The molecule has 34 valence electrons. The van der Waals surface area contributed by atoms with Crippen molar-refractivity contribution in [1.82, 2.24) is 4.89 Å². The van der Waals surface area contributed by atoms with Crippen molar-refractivity contribution in [2.75, 3.05) is 5.73 Å². The van der Waals surface area contributed by atoms with E-state index in [2.05, 4.69) is 4.89 Å². The molecule has 1 rings (SSSR count). The third-order valence-corrected chi connectivity index (χ3v) is 0.688. The second-order valence-corrected chi connectivity index (χ2v) is 1.25. The zero-order chi connectivity index (χ0) is 5.11. The van der Waals surface area contributed by atoms with E-state index in [0.29, 0.717) is 5.82 Å². The summed E-state index contributed by atoms with van der Waals surface area (Å²) in [6.07, 6.45) is 0.